The Hall–Kier alpha value is -2.77. The van der Waals surface area contributed by atoms with Crippen molar-refractivity contribution in [3.63, 3.8) is 0 Å². The van der Waals surface area contributed by atoms with Gasteiger partial charge in [-0.15, -0.1) is 11.3 Å². The topological polar surface area (TPSA) is 57.3 Å². The Morgan fingerprint density at radius 1 is 1.19 bits per heavy atom. The third-order valence-corrected chi connectivity index (χ3v) is 6.94. The predicted molar refractivity (Wildman–Crippen MR) is 132 cm³/mol. The van der Waals surface area contributed by atoms with E-state index in [1.165, 1.54) is 10.4 Å². The van der Waals surface area contributed by atoms with Gasteiger partial charge in [-0.25, -0.2) is 0 Å². The Morgan fingerprint density at radius 3 is 2.61 bits per heavy atom. The minimum Gasteiger partial charge on any atom is -0.351 e. The van der Waals surface area contributed by atoms with Gasteiger partial charge in [-0.3, -0.25) is 9.78 Å². The van der Waals surface area contributed by atoms with Gasteiger partial charge in [0.15, 0.2) is 5.11 Å². The molecule has 1 fully saturated rings. The molecule has 0 unspecified atom stereocenters. The van der Waals surface area contributed by atoms with Crippen molar-refractivity contribution >= 4 is 45.9 Å². The Bertz CT molecular complexity index is 1110. The first-order valence-electron chi connectivity index (χ1n) is 10.3. The van der Waals surface area contributed by atoms with E-state index in [9.17, 15) is 4.79 Å². The van der Waals surface area contributed by atoms with Gasteiger partial charge in [-0.05, 0) is 79.0 Å². The number of hydrogen-bond acceptors (Lipinski definition) is 4. The predicted octanol–water partition coefficient (Wildman–Crippen LogP) is 5.53. The Balaban J connectivity index is 1.74. The largest absolute Gasteiger partial charge is 0.351 e. The van der Waals surface area contributed by atoms with Crippen molar-refractivity contribution in [3.8, 4) is 0 Å². The number of thiocarbonyl (C=S) groups is 1. The molecule has 31 heavy (non-hydrogen) atoms. The van der Waals surface area contributed by atoms with Gasteiger partial charge in [-0.2, -0.15) is 0 Å². The molecule has 1 aliphatic rings. The number of pyridine rings is 1. The highest BCUT2D eigenvalue weighted by Gasteiger charge is 2.42. The molecule has 0 bridgehead atoms. The van der Waals surface area contributed by atoms with E-state index in [1.54, 1.807) is 11.3 Å². The van der Waals surface area contributed by atoms with Crippen molar-refractivity contribution in [2.24, 2.45) is 5.92 Å². The normalized spacial score (nSPS) is 18.4. The second kappa shape index (κ2) is 8.77. The van der Waals surface area contributed by atoms with Crippen LogP contribution in [0.25, 0.3) is 0 Å². The molecule has 4 rings (SSSR count). The quantitative estimate of drug-likeness (QED) is 0.501. The first kappa shape index (κ1) is 21.5. The van der Waals surface area contributed by atoms with Crippen LogP contribution in [0.2, 0.25) is 0 Å². The maximum Gasteiger partial charge on any atom is 0.226 e. The molecule has 160 valence electrons. The number of carbonyl (C=O) groups is 1. The molecular formula is C24H26N4OS2. The van der Waals surface area contributed by atoms with Crippen molar-refractivity contribution in [2.75, 3.05) is 10.2 Å². The molecule has 1 amide bonds. The number of nitrogens with one attached hydrogen (secondary N) is 2. The van der Waals surface area contributed by atoms with E-state index >= 15 is 0 Å². The van der Waals surface area contributed by atoms with Gasteiger partial charge in [0.2, 0.25) is 5.91 Å². The summed E-state index contributed by atoms with van der Waals surface area (Å²) in [5.41, 5.74) is 5.02. The summed E-state index contributed by atoms with van der Waals surface area (Å²) in [5, 5.41) is 9.30. The summed E-state index contributed by atoms with van der Waals surface area (Å²) < 4.78 is 0. The second-order valence-corrected chi connectivity index (χ2v) is 9.44. The molecule has 5 nitrogen and oxygen atoms in total. The number of hydrogen-bond donors (Lipinski definition) is 2. The lowest BCUT2D eigenvalue weighted by Gasteiger charge is -2.28. The van der Waals surface area contributed by atoms with Gasteiger partial charge in [-0.1, -0.05) is 19.9 Å². The smallest absolute Gasteiger partial charge is 0.226 e. The van der Waals surface area contributed by atoms with Crippen LogP contribution in [-0.2, 0) is 4.79 Å². The minimum absolute atomic E-state index is 0.00194. The molecule has 2 N–H and O–H groups in total. The van der Waals surface area contributed by atoms with Crippen LogP contribution in [0.3, 0.4) is 0 Å². The lowest BCUT2D eigenvalue weighted by atomic mass is 10.00. The van der Waals surface area contributed by atoms with Crippen LogP contribution in [0.1, 0.15) is 47.6 Å². The number of benzene rings is 1. The van der Waals surface area contributed by atoms with E-state index in [4.69, 9.17) is 12.2 Å². The zero-order valence-corrected chi connectivity index (χ0v) is 19.7. The summed E-state index contributed by atoms with van der Waals surface area (Å²) in [4.78, 5) is 20.2. The van der Waals surface area contributed by atoms with Crippen LogP contribution in [0.5, 0.6) is 0 Å². The molecular weight excluding hydrogens is 424 g/mol. The van der Waals surface area contributed by atoms with Crippen LogP contribution >= 0.6 is 23.6 Å². The number of amides is 1. The summed E-state index contributed by atoms with van der Waals surface area (Å²) in [7, 11) is 0. The highest BCUT2D eigenvalue weighted by Crippen LogP contribution is 2.44. The van der Waals surface area contributed by atoms with E-state index < -0.39 is 0 Å². The molecule has 1 aliphatic heterocycles. The highest BCUT2D eigenvalue weighted by atomic mass is 32.1. The average molecular weight is 451 g/mol. The Kier molecular flexibility index (Phi) is 6.07. The van der Waals surface area contributed by atoms with Crippen molar-refractivity contribution in [3.05, 3.63) is 75.7 Å². The number of anilines is 2. The SMILES string of the molecule is Cc1cc(N2C(=S)N[C@H](c3ccccn3)[C@@H]2c2sccc2C)ccc1NC(=O)C(C)C. The number of aryl methyl sites for hydroxylation is 2. The molecule has 1 aromatic carbocycles. The standard InChI is InChI=1S/C24H26N4OS2/c1-14(2)23(29)26-18-9-8-17(13-16(18)4)28-21(22-15(3)10-12-31-22)20(27-24(28)30)19-7-5-6-11-25-19/h5-14,20-21H,1-4H3,(H,26,29)(H,27,30)/t20-,21-/m1/s1. The van der Waals surface area contributed by atoms with Gasteiger partial charge in [0.25, 0.3) is 0 Å². The van der Waals surface area contributed by atoms with Gasteiger partial charge < -0.3 is 15.5 Å². The van der Waals surface area contributed by atoms with E-state index in [2.05, 4.69) is 45.0 Å². The van der Waals surface area contributed by atoms with Crippen molar-refractivity contribution < 1.29 is 4.79 Å². The zero-order chi connectivity index (χ0) is 22.1. The summed E-state index contributed by atoms with van der Waals surface area (Å²) in [6.07, 6.45) is 1.82. The molecule has 0 aliphatic carbocycles. The molecule has 7 heteroatoms. The highest BCUT2D eigenvalue weighted by molar-refractivity contribution is 7.80. The van der Waals surface area contributed by atoms with Crippen LogP contribution in [0.4, 0.5) is 11.4 Å². The molecule has 3 aromatic rings. The number of nitrogens with zero attached hydrogens (tertiary/aromatic N) is 2. The molecule has 1 saturated heterocycles. The molecule has 2 atom stereocenters. The van der Waals surface area contributed by atoms with Crippen LogP contribution in [-0.4, -0.2) is 16.0 Å². The van der Waals surface area contributed by atoms with Crippen LogP contribution in [0, 0.1) is 19.8 Å². The van der Waals surface area contributed by atoms with Crippen molar-refractivity contribution in [1.29, 1.82) is 0 Å². The summed E-state index contributed by atoms with van der Waals surface area (Å²) in [5.74, 6) is -0.0590. The number of thiophene rings is 1. The third-order valence-electron chi connectivity index (χ3n) is 5.54. The molecule has 2 aromatic heterocycles. The van der Waals surface area contributed by atoms with Gasteiger partial charge in [0, 0.05) is 28.4 Å². The van der Waals surface area contributed by atoms with Crippen LogP contribution < -0.4 is 15.5 Å². The maximum absolute atomic E-state index is 12.1. The maximum atomic E-state index is 12.1. The molecule has 0 saturated carbocycles. The fourth-order valence-corrected chi connectivity index (χ4v) is 5.20. The van der Waals surface area contributed by atoms with Crippen LogP contribution in [0.15, 0.2) is 54.0 Å². The average Bonchev–Trinajstić information content (AvgIpc) is 3.32. The Morgan fingerprint density at radius 2 is 2.00 bits per heavy atom. The first-order valence-corrected chi connectivity index (χ1v) is 11.6. The minimum atomic E-state index is -0.0697. The van der Waals surface area contributed by atoms with Gasteiger partial charge >= 0.3 is 0 Å². The van der Waals surface area contributed by atoms with Gasteiger partial charge in [0.05, 0.1) is 17.8 Å². The number of carbonyl (C=O) groups excluding carboxylic acids is 1. The molecule has 0 radical (unpaired) electrons. The fourth-order valence-electron chi connectivity index (χ4n) is 3.80. The number of aromatic nitrogens is 1. The first-order chi connectivity index (χ1) is 14.9. The monoisotopic (exact) mass is 450 g/mol. The van der Waals surface area contributed by atoms with Crippen molar-refractivity contribution in [1.82, 2.24) is 10.3 Å². The van der Waals surface area contributed by atoms with E-state index in [0.29, 0.717) is 5.11 Å². The molecule has 3 heterocycles. The zero-order valence-electron chi connectivity index (χ0n) is 18.0. The fraction of sp³-hybridized carbons (Fsp3) is 0.292. The summed E-state index contributed by atoms with van der Waals surface area (Å²) >= 11 is 7.53. The Labute approximate surface area is 192 Å². The summed E-state index contributed by atoms with van der Waals surface area (Å²) in [6.45, 7) is 7.92. The molecule has 0 spiro atoms. The van der Waals surface area contributed by atoms with E-state index in [0.717, 1.165) is 22.6 Å². The summed E-state index contributed by atoms with van der Waals surface area (Å²) in [6, 6.07) is 14.1. The van der Waals surface area contributed by atoms with Gasteiger partial charge in [0.1, 0.15) is 0 Å². The lowest BCUT2D eigenvalue weighted by molar-refractivity contribution is -0.118. The number of rotatable bonds is 5. The third kappa shape index (κ3) is 4.20. The lowest BCUT2D eigenvalue weighted by Crippen LogP contribution is -2.29. The second-order valence-electron chi connectivity index (χ2n) is 8.11. The van der Waals surface area contributed by atoms with E-state index in [1.807, 2.05) is 57.3 Å². The van der Waals surface area contributed by atoms with E-state index in [-0.39, 0.29) is 23.9 Å². The van der Waals surface area contributed by atoms with Crippen molar-refractivity contribution in [2.45, 2.75) is 39.8 Å².